The van der Waals surface area contributed by atoms with Gasteiger partial charge in [-0.2, -0.15) is 0 Å². The smallest absolute Gasteiger partial charge is 0.0469 e. The average Bonchev–Trinajstić information content (AvgIpc) is 2.47. The van der Waals surface area contributed by atoms with Crippen LogP contribution >= 0.6 is 0 Å². The molecule has 0 amide bonds. The summed E-state index contributed by atoms with van der Waals surface area (Å²) < 4.78 is 5.38. The maximum atomic E-state index is 5.38. The maximum absolute atomic E-state index is 5.38. The van der Waals surface area contributed by atoms with Crippen LogP contribution in [0.15, 0.2) is 0 Å². The van der Waals surface area contributed by atoms with Crippen molar-refractivity contribution in [3.63, 3.8) is 0 Å². The van der Waals surface area contributed by atoms with Crippen LogP contribution in [-0.4, -0.2) is 62.8 Å². The van der Waals surface area contributed by atoms with Gasteiger partial charge in [-0.05, 0) is 25.8 Å². The van der Waals surface area contributed by atoms with Gasteiger partial charge in [0.05, 0.1) is 0 Å². The topological polar surface area (TPSA) is 15.7 Å². The van der Waals surface area contributed by atoms with Gasteiger partial charge in [0.25, 0.3) is 0 Å². The van der Waals surface area contributed by atoms with E-state index in [1.165, 1.54) is 45.6 Å². The number of piperazine rings is 1. The molecule has 0 spiro atoms. The normalized spacial score (nSPS) is 22.5. The average molecular weight is 258 g/mol. The van der Waals surface area contributed by atoms with Crippen LogP contribution in [0.5, 0.6) is 0 Å². The lowest BCUT2D eigenvalue weighted by Gasteiger charge is -2.35. The molecule has 0 saturated carbocycles. The molecule has 0 aromatic heterocycles. The Morgan fingerprint density at radius 3 is 1.89 bits per heavy atom. The number of rotatable bonds is 2. The summed E-state index contributed by atoms with van der Waals surface area (Å²) in [6.45, 7) is 16.3. The summed E-state index contributed by atoms with van der Waals surface area (Å²) in [5.41, 5.74) is 0. The summed E-state index contributed by atoms with van der Waals surface area (Å²) in [6.07, 6.45) is 2.54. The van der Waals surface area contributed by atoms with Crippen molar-refractivity contribution >= 4 is 0 Å². The third kappa shape index (κ3) is 7.34. The van der Waals surface area contributed by atoms with E-state index in [1.807, 2.05) is 27.7 Å². The summed E-state index contributed by atoms with van der Waals surface area (Å²) in [5, 5.41) is 0. The van der Waals surface area contributed by atoms with E-state index in [-0.39, 0.29) is 0 Å². The van der Waals surface area contributed by atoms with Crippen LogP contribution in [0.3, 0.4) is 0 Å². The minimum Gasteiger partial charge on any atom is -0.381 e. The highest BCUT2D eigenvalue weighted by Gasteiger charge is 2.19. The van der Waals surface area contributed by atoms with Crippen LogP contribution in [0.4, 0.5) is 0 Å². The predicted octanol–water partition coefficient (Wildman–Crippen LogP) is 2.71. The molecule has 0 aliphatic carbocycles. The van der Waals surface area contributed by atoms with Crippen LogP contribution in [0.2, 0.25) is 0 Å². The number of hydrogen-bond acceptors (Lipinski definition) is 3. The van der Waals surface area contributed by atoms with E-state index in [4.69, 9.17) is 4.74 Å². The standard InChI is InChI=1S/C11H22N2O.2C2H6/c1-12-4-6-13(7-5-12)10-11-2-8-14-9-3-11;2*1-2/h11H,2-10H2,1H3;2*1-2H3. The maximum Gasteiger partial charge on any atom is 0.0469 e. The fourth-order valence-electron chi connectivity index (χ4n) is 2.32. The van der Waals surface area contributed by atoms with E-state index in [9.17, 15) is 0 Å². The fraction of sp³-hybridized carbons (Fsp3) is 1.00. The van der Waals surface area contributed by atoms with Crippen molar-refractivity contribution in [3.8, 4) is 0 Å². The van der Waals surface area contributed by atoms with E-state index in [0.29, 0.717) is 0 Å². The number of likely N-dealkylation sites (N-methyl/N-ethyl adjacent to an activating group) is 1. The third-order valence-electron chi connectivity index (χ3n) is 3.45. The molecular weight excluding hydrogens is 224 g/mol. The highest BCUT2D eigenvalue weighted by molar-refractivity contribution is 4.74. The summed E-state index contributed by atoms with van der Waals surface area (Å²) >= 11 is 0. The zero-order valence-electron chi connectivity index (χ0n) is 13.2. The first kappa shape index (κ1) is 17.9. The van der Waals surface area contributed by atoms with Crippen molar-refractivity contribution in [1.82, 2.24) is 9.80 Å². The molecule has 18 heavy (non-hydrogen) atoms. The first-order chi connectivity index (χ1) is 8.84. The van der Waals surface area contributed by atoms with Crippen molar-refractivity contribution in [2.24, 2.45) is 5.92 Å². The highest BCUT2D eigenvalue weighted by atomic mass is 16.5. The molecule has 2 aliphatic rings. The molecule has 2 heterocycles. The molecule has 0 N–H and O–H groups in total. The molecule has 0 bridgehead atoms. The Labute approximate surface area is 114 Å². The molecule has 2 aliphatic heterocycles. The SMILES string of the molecule is CC.CC.CN1CCN(CC2CCOCC2)CC1. The van der Waals surface area contributed by atoms with E-state index in [2.05, 4.69) is 16.8 Å². The predicted molar refractivity (Wildman–Crippen MR) is 80.2 cm³/mol. The van der Waals surface area contributed by atoms with E-state index in [0.717, 1.165) is 19.1 Å². The Morgan fingerprint density at radius 1 is 0.889 bits per heavy atom. The lowest BCUT2D eigenvalue weighted by atomic mass is 9.99. The molecule has 2 saturated heterocycles. The van der Waals surface area contributed by atoms with Crippen molar-refractivity contribution in [2.75, 3.05) is 53.0 Å². The van der Waals surface area contributed by atoms with Gasteiger partial charge in [-0.3, -0.25) is 0 Å². The summed E-state index contributed by atoms with van der Waals surface area (Å²) in [6, 6.07) is 0. The van der Waals surface area contributed by atoms with Crippen molar-refractivity contribution < 1.29 is 4.74 Å². The number of nitrogens with zero attached hydrogens (tertiary/aromatic N) is 2. The van der Waals surface area contributed by atoms with Gasteiger partial charge >= 0.3 is 0 Å². The van der Waals surface area contributed by atoms with Crippen molar-refractivity contribution in [2.45, 2.75) is 40.5 Å². The zero-order valence-corrected chi connectivity index (χ0v) is 13.2. The molecule has 0 aromatic rings. The van der Waals surface area contributed by atoms with Crippen LogP contribution in [0.1, 0.15) is 40.5 Å². The molecule has 0 atom stereocenters. The van der Waals surface area contributed by atoms with Gasteiger partial charge in [-0.1, -0.05) is 27.7 Å². The lowest BCUT2D eigenvalue weighted by molar-refractivity contribution is 0.0446. The minimum absolute atomic E-state index is 0.896. The number of hydrogen-bond donors (Lipinski definition) is 0. The van der Waals surface area contributed by atoms with E-state index >= 15 is 0 Å². The second kappa shape index (κ2) is 11.9. The Bertz CT molecular complexity index is 162. The Balaban J connectivity index is 0.000000659. The van der Waals surface area contributed by atoms with Gasteiger partial charge in [0.1, 0.15) is 0 Å². The second-order valence-corrected chi connectivity index (χ2v) is 4.66. The largest absolute Gasteiger partial charge is 0.381 e. The van der Waals surface area contributed by atoms with Crippen LogP contribution in [0, 0.1) is 5.92 Å². The molecule has 2 rings (SSSR count). The Hall–Kier alpha value is -0.120. The minimum atomic E-state index is 0.896. The van der Waals surface area contributed by atoms with Gasteiger partial charge < -0.3 is 14.5 Å². The molecular formula is C15H34N2O. The molecule has 0 unspecified atom stereocenters. The number of ether oxygens (including phenoxy) is 1. The Morgan fingerprint density at radius 2 is 1.39 bits per heavy atom. The van der Waals surface area contributed by atoms with Gasteiger partial charge in [-0.25, -0.2) is 0 Å². The van der Waals surface area contributed by atoms with Gasteiger partial charge in [0, 0.05) is 45.9 Å². The second-order valence-electron chi connectivity index (χ2n) is 4.66. The fourth-order valence-corrected chi connectivity index (χ4v) is 2.32. The van der Waals surface area contributed by atoms with Crippen LogP contribution < -0.4 is 0 Å². The van der Waals surface area contributed by atoms with Gasteiger partial charge in [-0.15, -0.1) is 0 Å². The molecule has 3 heteroatoms. The monoisotopic (exact) mass is 258 g/mol. The van der Waals surface area contributed by atoms with Crippen molar-refractivity contribution in [1.29, 1.82) is 0 Å². The quantitative estimate of drug-likeness (QED) is 0.757. The summed E-state index contributed by atoms with van der Waals surface area (Å²) in [4.78, 5) is 5.04. The molecule has 0 radical (unpaired) electrons. The first-order valence-corrected chi connectivity index (χ1v) is 7.83. The lowest BCUT2D eigenvalue weighted by Crippen LogP contribution is -2.46. The van der Waals surface area contributed by atoms with Gasteiger partial charge in [0.2, 0.25) is 0 Å². The molecule has 110 valence electrons. The summed E-state index contributed by atoms with van der Waals surface area (Å²) in [7, 11) is 2.21. The van der Waals surface area contributed by atoms with Gasteiger partial charge in [0.15, 0.2) is 0 Å². The third-order valence-corrected chi connectivity index (χ3v) is 3.45. The Kier molecular flexibility index (Phi) is 11.9. The molecule has 2 fully saturated rings. The molecule has 0 aromatic carbocycles. The van der Waals surface area contributed by atoms with Crippen LogP contribution in [0.25, 0.3) is 0 Å². The molecule has 3 nitrogen and oxygen atoms in total. The van der Waals surface area contributed by atoms with Crippen molar-refractivity contribution in [3.05, 3.63) is 0 Å². The zero-order chi connectivity index (χ0) is 13.8. The summed E-state index contributed by atoms with van der Waals surface area (Å²) in [5.74, 6) is 0.896. The van der Waals surface area contributed by atoms with E-state index in [1.54, 1.807) is 0 Å². The highest BCUT2D eigenvalue weighted by Crippen LogP contribution is 2.16. The van der Waals surface area contributed by atoms with Crippen LogP contribution in [-0.2, 0) is 4.74 Å². The first-order valence-electron chi connectivity index (χ1n) is 7.83. The van der Waals surface area contributed by atoms with E-state index < -0.39 is 0 Å².